The van der Waals surface area contributed by atoms with Crippen molar-refractivity contribution in [1.82, 2.24) is 0 Å². The quantitative estimate of drug-likeness (QED) is 0.456. The first kappa shape index (κ1) is 8.97. The first-order valence-electron chi connectivity index (χ1n) is 4.33. The van der Waals surface area contributed by atoms with Gasteiger partial charge in [-0.3, -0.25) is 0 Å². The third kappa shape index (κ3) is 3.70. The van der Waals surface area contributed by atoms with Crippen LogP contribution >= 0.6 is 0 Å². The Balaban J connectivity index is 1.86. The van der Waals surface area contributed by atoms with Crippen LogP contribution in [0.2, 0.25) is 0 Å². The van der Waals surface area contributed by atoms with Crippen molar-refractivity contribution in [1.29, 1.82) is 0 Å². The molecule has 1 fully saturated rings. The third-order valence-electron chi connectivity index (χ3n) is 1.77. The van der Waals surface area contributed by atoms with Gasteiger partial charge in [-0.25, -0.2) is 9.78 Å². The summed E-state index contributed by atoms with van der Waals surface area (Å²) in [5.74, 6) is 0. The Hall–Kier alpha value is -0.120. The molecule has 0 aromatic rings. The zero-order chi connectivity index (χ0) is 7.94. The van der Waals surface area contributed by atoms with E-state index in [0.717, 1.165) is 6.42 Å². The molecule has 0 aromatic heterocycles. The molecule has 1 atom stereocenters. The Morgan fingerprint density at radius 2 is 2.18 bits per heavy atom. The molecule has 3 nitrogen and oxygen atoms in total. The van der Waals surface area contributed by atoms with Gasteiger partial charge in [-0.2, -0.15) is 0 Å². The van der Waals surface area contributed by atoms with E-state index in [1.807, 2.05) is 0 Å². The average molecular weight is 160 g/mol. The monoisotopic (exact) mass is 160 g/mol. The number of ether oxygens (including phenoxy) is 1. The lowest BCUT2D eigenvalue weighted by atomic mass is 10.1. The predicted molar refractivity (Wildman–Crippen MR) is 40.7 cm³/mol. The summed E-state index contributed by atoms with van der Waals surface area (Å²) in [4.78, 5) is 9.40. The van der Waals surface area contributed by atoms with Crippen LogP contribution in [0.15, 0.2) is 0 Å². The van der Waals surface area contributed by atoms with Gasteiger partial charge in [-0.15, -0.1) is 0 Å². The molecule has 0 radical (unpaired) electrons. The van der Waals surface area contributed by atoms with Crippen molar-refractivity contribution in [2.24, 2.45) is 0 Å². The first-order chi connectivity index (χ1) is 5.43. The van der Waals surface area contributed by atoms with Gasteiger partial charge >= 0.3 is 0 Å². The fourth-order valence-corrected chi connectivity index (χ4v) is 1.10. The summed E-state index contributed by atoms with van der Waals surface area (Å²) >= 11 is 0. The fraction of sp³-hybridized carbons (Fsp3) is 1.00. The third-order valence-corrected chi connectivity index (χ3v) is 1.77. The van der Waals surface area contributed by atoms with Gasteiger partial charge in [0.15, 0.2) is 13.1 Å². The van der Waals surface area contributed by atoms with Crippen molar-refractivity contribution >= 4 is 0 Å². The molecule has 0 aromatic carbocycles. The Morgan fingerprint density at radius 3 is 2.82 bits per heavy atom. The zero-order valence-electron chi connectivity index (χ0n) is 7.04. The van der Waals surface area contributed by atoms with Crippen LogP contribution in [0, 0.1) is 0 Å². The lowest BCUT2D eigenvalue weighted by Gasteiger charge is -2.04. The highest BCUT2D eigenvalue weighted by Crippen LogP contribution is 2.13. The van der Waals surface area contributed by atoms with Crippen LogP contribution in [0.1, 0.15) is 39.0 Å². The van der Waals surface area contributed by atoms with Crippen LogP contribution in [0.4, 0.5) is 0 Å². The van der Waals surface area contributed by atoms with E-state index in [0.29, 0.717) is 6.79 Å². The van der Waals surface area contributed by atoms with Crippen molar-refractivity contribution in [3.63, 3.8) is 0 Å². The molecule has 1 heterocycles. The van der Waals surface area contributed by atoms with Gasteiger partial charge < -0.3 is 4.74 Å². The minimum atomic E-state index is -0.105. The van der Waals surface area contributed by atoms with Crippen LogP contribution in [0.5, 0.6) is 0 Å². The first-order valence-corrected chi connectivity index (χ1v) is 4.33. The van der Waals surface area contributed by atoms with Crippen molar-refractivity contribution in [3.8, 4) is 0 Å². The van der Waals surface area contributed by atoms with Crippen LogP contribution < -0.4 is 0 Å². The second-order valence-electron chi connectivity index (χ2n) is 2.78. The molecule has 0 N–H and O–H groups in total. The van der Waals surface area contributed by atoms with Crippen molar-refractivity contribution in [2.45, 2.75) is 45.3 Å². The van der Waals surface area contributed by atoms with E-state index in [4.69, 9.17) is 9.62 Å². The summed E-state index contributed by atoms with van der Waals surface area (Å²) in [6.45, 7) is 2.49. The molecule has 1 aliphatic heterocycles. The van der Waals surface area contributed by atoms with Gasteiger partial charge in [0.2, 0.25) is 0 Å². The van der Waals surface area contributed by atoms with E-state index < -0.39 is 0 Å². The maximum atomic E-state index is 5.09. The highest BCUT2D eigenvalue weighted by Gasteiger charge is 2.16. The Bertz CT molecular complexity index is 89.3. The largest absolute Gasteiger partial charge is 0.320 e. The van der Waals surface area contributed by atoms with Crippen molar-refractivity contribution in [3.05, 3.63) is 0 Å². The molecule has 1 aliphatic rings. The SMILES string of the molecule is CCCCCCC1OCOO1. The van der Waals surface area contributed by atoms with E-state index in [-0.39, 0.29) is 6.29 Å². The number of hydrogen-bond donors (Lipinski definition) is 0. The van der Waals surface area contributed by atoms with Gasteiger partial charge in [-0.05, 0) is 6.42 Å². The summed E-state index contributed by atoms with van der Waals surface area (Å²) in [5, 5.41) is 0. The predicted octanol–water partition coefficient (Wildman–Crippen LogP) is 2.22. The van der Waals surface area contributed by atoms with Gasteiger partial charge in [-0.1, -0.05) is 26.2 Å². The summed E-state index contributed by atoms with van der Waals surface area (Å²) in [7, 11) is 0. The number of hydrogen-bond acceptors (Lipinski definition) is 3. The highest BCUT2D eigenvalue weighted by molar-refractivity contribution is 4.46. The van der Waals surface area contributed by atoms with Gasteiger partial charge in [0.05, 0.1) is 0 Å². The minimum absolute atomic E-state index is 0.105. The van der Waals surface area contributed by atoms with Crippen LogP contribution in [-0.4, -0.2) is 13.1 Å². The van der Waals surface area contributed by atoms with E-state index in [2.05, 4.69) is 11.8 Å². The second kappa shape index (κ2) is 5.52. The molecule has 0 amide bonds. The van der Waals surface area contributed by atoms with E-state index in [1.165, 1.54) is 25.7 Å². The summed E-state index contributed by atoms with van der Waals surface area (Å²) in [5.41, 5.74) is 0. The number of unbranched alkanes of at least 4 members (excludes halogenated alkanes) is 3. The maximum Gasteiger partial charge on any atom is 0.194 e. The molecule has 0 aliphatic carbocycles. The molecule has 66 valence electrons. The molecule has 0 saturated carbocycles. The molecule has 11 heavy (non-hydrogen) atoms. The van der Waals surface area contributed by atoms with E-state index in [1.54, 1.807) is 0 Å². The van der Waals surface area contributed by atoms with E-state index in [9.17, 15) is 0 Å². The standard InChI is InChI=1S/C8H16O3/c1-2-3-4-5-6-8-9-7-10-11-8/h8H,2-7H2,1H3. The second-order valence-corrected chi connectivity index (χ2v) is 2.78. The topological polar surface area (TPSA) is 27.7 Å². The highest BCUT2D eigenvalue weighted by atomic mass is 17.3. The molecular formula is C8H16O3. The normalized spacial score (nSPS) is 24.3. The van der Waals surface area contributed by atoms with Gasteiger partial charge in [0.1, 0.15) is 0 Å². The van der Waals surface area contributed by atoms with Crippen molar-refractivity contribution < 1.29 is 14.5 Å². The molecule has 0 spiro atoms. The zero-order valence-corrected chi connectivity index (χ0v) is 7.04. The summed E-state index contributed by atoms with van der Waals surface area (Å²) in [6.07, 6.45) is 5.85. The summed E-state index contributed by atoms with van der Waals surface area (Å²) in [6, 6.07) is 0. The maximum absolute atomic E-state index is 5.09. The fourth-order valence-electron chi connectivity index (χ4n) is 1.10. The van der Waals surface area contributed by atoms with Crippen LogP contribution in [-0.2, 0) is 14.5 Å². The molecule has 1 rings (SSSR count). The van der Waals surface area contributed by atoms with Gasteiger partial charge in [0, 0.05) is 6.42 Å². The minimum Gasteiger partial charge on any atom is -0.320 e. The van der Waals surface area contributed by atoms with Crippen LogP contribution in [0.25, 0.3) is 0 Å². The van der Waals surface area contributed by atoms with E-state index >= 15 is 0 Å². The molecule has 1 saturated heterocycles. The summed E-state index contributed by atoms with van der Waals surface area (Å²) < 4.78 is 5.09. The Morgan fingerprint density at radius 1 is 1.27 bits per heavy atom. The van der Waals surface area contributed by atoms with Crippen LogP contribution in [0.3, 0.4) is 0 Å². The molecule has 0 bridgehead atoms. The van der Waals surface area contributed by atoms with Gasteiger partial charge in [0.25, 0.3) is 0 Å². The lowest BCUT2D eigenvalue weighted by Crippen LogP contribution is -2.06. The van der Waals surface area contributed by atoms with Crippen molar-refractivity contribution in [2.75, 3.05) is 6.79 Å². The molecule has 3 heteroatoms. The Kier molecular flexibility index (Phi) is 4.50. The Labute approximate surface area is 67.6 Å². The average Bonchev–Trinajstić information content (AvgIpc) is 2.50. The smallest absolute Gasteiger partial charge is 0.194 e. The lowest BCUT2D eigenvalue weighted by molar-refractivity contribution is -0.278. The molecular weight excluding hydrogens is 144 g/mol. The molecule has 1 unspecified atom stereocenters. The number of rotatable bonds is 5.